The van der Waals surface area contributed by atoms with Gasteiger partial charge in [-0.15, -0.1) is 0 Å². The number of amides is 1. The molecule has 3 rings (SSSR count). The van der Waals surface area contributed by atoms with Crippen LogP contribution in [-0.2, 0) is 4.79 Å². The van der Waals surface area contributed by atoms with E-state index in [-0.39, 0.29) is 31.5 Å². The van der Waals surface area contributed by atoms with Gasteiger partial charge in [0.1, 0.15) is 12.2 Å². The first-order chi connectivity index (χ1) is 16.4. The Kier molecular flexibility index (Phi) is 8.68. The number of carbonyl (C=O) groups is 1. The monoisotopic (exact) mass is 462 g/mol. The molecule has 2 unspecified atom stereocenters. The molecule has 6 heteroatoms. The molecule has 1 amide bonds. The highest BCUT2D eigenvalue weighted by Crippen LogP contribution is 2.31. The van der Waals surface area contributed by atoms with Crippen molar-refractivity contribution in [3.05, 3.63) is 96.1 Å². The van der Waals surface area contributed by atoms with Gasteiger partial charge < -0.3 is 25.2 Å². The first-order valence-corrected chi connectivity index (χ1v) is 11.4. The van der Waals surface area contributed by atoms with Gasteiger partial charge in [-0.2, -0.15) is 0 Å². The number of benzene rings is 3. The molecular weight excluding hydrogens is 428 g/mol. The molecule has 0 aliphatic heterocycles. The third kappa shape index (κ3) is 6.16. The third-order valence-corrected chi connectivity index (χ3v) is 6.02. The molecule has 3 aromatic rings. The second kappa shape index (κ2) is 11.7. The van der Waals surface area contributed by atoms with Crippen LogP contribution in [-0.4, -0.2) is 48.8 Å². The fraction of sp³-hybridized carbons (Fsp3) is 0.321. The zero-order chi connectivity index (χ0) is 24.6. The minimum atomic E-state index is -1.37. The molecule has 0 spiro atoms. The summed E-state index contributed by atoms with van der Waals surface area (Å²) in [6, 6.07) is 26.8. The Morgan fingerprint density at radius 2 is 1.44 bits per heavy atom. The van der Waals surface area contributed by atoms with E-state index in [9.17, 15) is 9.90 Å². The summed E-state index contributed by atoms with van der Waals surface area (Å²) in [7, 11) is 3.36. The van der Waals surface area contributed by atoms with Crippen LogP contribution < -0.4 is 15.2 Å². The molecule has 3 aromatic carbocycles. The van der Waals surface area contributed by atoms with Crippen molar-refractivity contribution < 1.29 is 19.4 Å². The summed E-state index contributed by atoms with van der Waals surface area (Å²) in [4.78, 5) is 15.3. The van der Waals surface area contributed by atoms with Gasteiger partial charge in [0.15, 0.2) is 11.5 Å². The van der Waals surface area contributed by atoms with Gasteiger partial charge in [0.05, 0.1) is 13.2 Å². The summed E-state index contributed by atoms with van der Waals surface area (Å²) in [5, 5.41) is 11.2. The lowest BCUT2D eigenvalue weighted by atomic mass is 9.90. The minimum Gasteiger partial charge on any atom is -0.493 e. The molecule has 0 aromatic heterocycles. The summed E-state index contributed by atoms with van der Waals surface area (Å²) < 4.78 is 11.1. The molecular formula is C28H34N2O4. The number of ether oxygens (including phenoxy) is 2. The van der Waals surface area contributed by atoms with Crippen molar-refractivity contribution in [1.82, 2.24) is 4.90 Å². The van der Waals surface area contributed by atoms with Gasteiger partial charge in [-0.3, -0.25) is 4.79 Å². The predicted octanol–water partition coefficient (Wildman–Crippen LogP) is 4.04. The van der Waals surface area contributed by atoms with E-state index in [0.717, 1.165) is 11.1 Å². The van der Waals surface area contributed by atoms with E-state index in [1.54, 1.807) is 31.2 Å². The second-order valence-electron chi connectivity index (χ2n) is 8.65. The van der Waals surface area contributed by atoms with Gasteiger partial charge >= 0.3 is 0 Å². The first kappa shape index (κ1) is 25.3. The van der Waals surface area contributed by atoms with Crippen LogP contribution in [0.25, 0.3) is 0 Å². The molecule has 0 aliphatic carbocycles. The largest absolute Gasteiger partial charge is 0.493 e. The number of nitrogens with two attached hydrogens (primary N) is 1. The lowest BCUT2D eigenvalue weighted by molar-refractivity contribution is -0.138. The van der Waals surface area contributed by atoms with Crippen LogP contribution >= 0.6 is 0 Å². The van der Waals surface area contributed by atoms with Crippen molar-refractivity contribution in [2.24, 2.45) is 11.7 Å². The highest BCUT2D eigenvalue weighted by atomic mass is 16.5. The maximum absolute atomic E-state index is 13.5. The van der Waals surface area contributed by atoms with E-state index in [0.29, 0.717) is 11.5 Å². The highest BCUT2D eigenvalue weighted by molar-refractivity contribution is 5.79. The smallest absolute Gasteiger partial charge is 0.226 e. The maximum Gasteiger partial charge on any atom is 0.226 e. The van der Waals surface area contributed by atoms with Crippen LogP contribution in [0.1, 0.15) is 30.5 Å². The number of hydrogen-bond donors (Lipinski definition) is 2. The number of hydrogen-bond acceptors (Lipinski definition) is 5. The average Bonchev–Trinajstić information content (AvgIpc) is 2.88. The van der Waals surface area contributed by atoms with Crippen molar-refractivity contribution in [1.29, 1.82) is 0 Å². The standard InChI is InChI=1S/C28H34N2O4/c1-21(18-28(32,19-29)20-34-25-17-11-10-16-24(25)33-3)27(31)30(2)26(22-12-6-4-7-13-22)23-14-8-5-9-15-23/h4-17,21,26,32H,18-20,29H2,1-3H3. The SMILES string of the molecule is COc1ccccc1OCC(O)(CN)CC(C)C(=O)N(C)C(c1ccccc1)c1ccccc1. The number of carbonyl (C=O) groups excluding carboxylic acids is 1. The van der Waals surface area contributed by atoms with Crippen LogP contribution in [0.3, 0.4) is 0 Å². The Bertz CT molecular complexity index is 1010. The van der Waals surface area contributed by atoms with E-state index in [2.05, 4.69) is 0 Å². The Morgan fingerprint density at radius 3 is 1.94 bits per heavy atom. The summed E-state index contributed by atoms with van der Waals surface area (Å²) in [5.74, 6) is 0.525. The molecule has 0 heterocycles. The van der Waals surface area contributed by atoms with Crippen molar-refractivity contribution >= 4 is 5.91 Å². The van der Waals surface area contributed by atoms with E-state index < -0.39 is 11.5 Å². The highest BCUT2D eigenvalue weighted by Gasteiger charge is 2.34. The van der Waals surface area contributed by atoms with E-state index in [1.165, 1.54) is 0 Å². The van der Waals surface area contributed by atoms with Crippen molar-refractivity contribution in [2.45, 2.75) is 25.0 Å². The van der Waals surface area contributed by atoms with Gasteiger partial charge in [-0.25, -0.2) is 0 Å². The van der Waals surface area contributed by atoms with Gasteiger partial charge in [0, 0.05) is 19.5 Å². The van der Waals surface area contributed by atoms with Gasteiger partial charge in [0.2, 0.25) is 5.91 Å². The molecule has 0 radical (unpaired) electrons. The van der Waals surface area contributed by atoms with Crippen molar-refractivity contribution in [3.8, 4) is 11.5 Å². The lowest BCUT2D eigenvalue weighted by Crippen LogP contribution is -2.47. The normalized spacial score (nSPS) is 13.7. The van der Waals surface area contributed by atoms with Crippen LogP contribution in [0, 0.1) is 5.92 Å². The molecule has 0 saturated carbocycles. The summed E-state index contributed by atoms with van der Waals surface area (Å²) in [6.07, 6.45) is 0.165. The molecule has 0 fully saturated rings. The van der Waals surface area contributed by atoms with E-state index >= 15 is 0 Å². The lowest BCUT2D eigenvalue weighted by Gasteiger charge is -2.34. The van der Waals surface area contributed by atoms with Crippen LogP contribution in [0.5, 0.6) is 11.5 Å². The molecule has 180 valence electrons. The minimum absolute atomic E-state index is 0.0374. The van der Waals surface area contributed by atoms with Crippen molar-refractivity contribution in [3.63, 3.8) is 0 Å². The number of rotatable bonds is 11. The number of methoxy groups -OCH3 is 1. The second-order valence-corrected chi connectivity index (χ2v) is 8.65. The van der Waals surface area contributed by atoms with Gasteiger partial charge in [0.25, 0.3) is 0 Å². The molecule has 0 saturated heterocycles. The topological polar surface area (TPSA) is 85.0 Å². The molecule has 0 bridgehead atoms. The molecule has 6 nitrogen and oxygen atoms in total. The Labute approximate surface area is 201 Å². The number of aliphatic hydroxyl groups is 1. The fourth-order valence-corrected chi connectivity index (χ4v) is 4.19. The Morgan fingerprint density at radius 1 is 0.941 bits per heavy atom. The van der Waals surface area contributed by atoms with Crippen molar-refractivity contribution in [2.75, 3.05) is 27.3 Å². The number of para-hydroxylation sites is 2. The Balaban J connectivity index is 1.75. The van der Waals surface area contributed by atoms with Crippen LogP contribution in [0.2, 0.25) is 0 Å². The Hall–Kier alpha value is -3.35. The summed E-state index contributed by atoms with van der Waals surface area (Å²) in [5.41, 5.74) is 6.59. The maximum atomic E-state index is 13.5. The molecule has 2 atom stereocenters. The van der Waals surface area contributed by atoms with E-state index in [4.69, 9.17) is 15.2 Å². The molecule has 0 aliphatic rings. The predicted molar refractivity (Wildman–Crippen MR) is 134 cm³/mol. The van der Waals surface area contributed by atoms with Gasteiger partial charge in [-0.05, 0) is 29.7 Å². The van der Waals surface area contributed by atoms with Crippen LogP contribution in [0.4, 0.5) is 0 Å². The fourth-order valence-electron chi connectivity index (χ4n) is 4.19. The zero-order valence-electron chi connectivity index (χ0n) is 20.1. The number of nitrogens with zero attached hydrogens (tertiary/aromatic N) is 1. The van der Waals surface area contributed by atoms with Gasteiger partial charge in [-0.1, -0.05) is 79.7 Å². The quantitative estimate of drug-likeness (QED) is 0.449. The third-order valence-electron chi connectivity index (χ3n) is 6.02. The molecule has 34 heavy (non-hydrogen) atoms. The van der Waals surface area contributed by atoms with Crippen LogP contribution in [0.15, 0.2) is 84.9 Å². The average molecular weight is 463 g/mol. The van der Waals surface area contributed by atoms with E-state index in [1.807, 2.05) is 79.7 Å². The zero-order valence-corrected chi connectivity index (χ0v) is 20.1. The summed E-state index contributed by atoms with van der Waals surface area (Å²) in [6.45, 7) is 1.73. The summed E-state index contributed by atoms with van der Waals surface area (Å²) >= 11 is 0. The molecule has 3 N–H and O–H groups in total. The first-order valence-electron chi connectivity index (χ1n) is 11.4.